The monoisotopic (exact) mass is 450 g/mol. The summed E-state index contributed by atoms with van der Waals surface area (Å²) in [5.74, 6) is -0.175. The SMILES string of the molecule is COc1cc(/C=N\NC(=O)c2ccc(C)cc2)ccc1Oc1ccc([N+](=O)[O-])cc1[N+](=O)[O-]. The number of methoxy groups -OCH3 is 1. The topological polar surface area (TPSA) is 146 Å². The van der Waals surface area contributed by atoms with Crippen LogP contribution in [0.4, 0.5) is 11.4 Å². The largest absolute Gasteiger partial charge is 0.493 e. The zero-order valence-electron chi connectivity index (χ0n) is 17.6. The van der Waals surface area contributed by atoms with E-state index in [0.29, 0.717) is 11.1 Å². The molecule has 0 aliphatic carbocycles. The first-order valence-corrected chi connectivity index (χ1v) is 9.47. The number of aryl methyl sites for hydroxylation is 1. The van der Waals surface area contributed by atoms with Gasteiger partial charge in [0.15, 0.2) is 11.5 Å². The van der Waals surface area contributed by atoms with E-state index in [1.807, 2.05) is 19.1 Å². The fourth-order valence-corrected chi connectivity index (χ4v) is 2.75. The molecule has 0 bridgehead atoms. The van der Waals surface area contributed by atoms with Crippen molar-refractivity contribution in [3.05, 3.63) is 97.6 Å². The van der Waals surface area contributed by atoms with Crippen molar-refractivity contribution in [3.63, 3.8) is 0 Å². The number of hydrogen-bond acceptors (Lipinski definition) is 8. The number of benzene rings is 3. The number of non-ortho nitro benzene ring substituents is 1. The van der Waals surface area contributed by atoms with Gasteiger partial charge in [-0.15, -0.1) is 0 Å². The molecule has 0 unspecified atom stereocenters. The lowest BCUT2D eigenvalue weighted by Gasteiger charge is -2.11. The second-order valence-corrected chi connectivity index (χ2v) is 6.74. The Balaban J connectivity index is 1.77. The quantitative estimate of drug-likeness (QED) is 0.304. The summed E-state index contributed by atoms with van der Waals surface area (Å²) in [7, 11) is 1.38. The predicted molar refractivity (Wildman–Crippen MR) is 119 cm³/mol. The third kappa shape index (κ3) is 5.67. The van der Waals surface area contributed by atoms with Crippen molar-refractivity contribution in [3.8, 4) is 17.2 Å². The van der Waals surface area contributed by atoms with Gasteiger partial charge in [0.1, 0.15) is 0 Å². The second kappa shape index (κ2) is 10.0. The van der Waals surface area contributed by atoms with Gasteiger partial charge >= 0.3 is 5.69 Å². The average molecular weight is 450 g/mol. The van der Waals surface area contributed by atoms with Crippen molar-refractivity contribution >= 4 is 23.5 Å². The van der Waals surface area contributed by atoms with E-state index in [1.54, 1.807) is 24.3 Å². The van der Waals surface area contributed by atoms with Gasteiger partial charge in [-0.1, -0.05) is 17.7 Å². The van der Waals surface area contributed by atoms with Crippen LogP contribution < -0.4 is 14.9 Å². The highest BCUT2D eigenvalue weighted by molar-refractivity contribution is 5.94. The molecule has 0 aliphatic heterocycles. The highest BCUT2D eigenvalue weighted by Crippen LogP contribution is 2.38. The Labute approximate surface area is 187 Å². The lowest BCUT2D eigenvalue weighted by atomic mass is 10.1. The normalized spacial score (nSPS) is 10.6. The van der Waals surface area contributed by atoms with Crippen LogP contribution in [0.15, 0.2) is 65.8 Å². The molecule has 0 saturated carbocycles. The molecule has 0 heterocycles. The van der Waals surface area contributed by atoms with E-state index in [4.69, 9.17) is 9.47 Å². The second-order valence-electron chi connectivity index (χ2n) is 6.74. The van der Waals surface area contributed by atoms with Crippen molar-refractivity contribution in [1.82, 2.24) is 5.43 Å². The molecular weight excluding hydrogens is 432 g/mol. The van der Waals surface area contributed by atoms with E-state index in [0.717, 1.165) is 23.8 Å². The van der Waals surface area contributed by atoms with E-state index in [2.05, 4.69) is 10.5 Å². The third-order valence-electron chi connectivity index (χ3n) is 4.45. The van der Waals surface area contributed by atoms with Crippen molar-refractivity contribution in [2.45, 2.75) is 6.92 Å². The number of nitro benzene ring substituents is 2. The molecule has 168 valence electrons. The van der Waals surface area contributed by atoms with Gasteiger partial charge in [0.2, 0.25) is 5.75 Å². The van der Waals surface area contributed by atoms with Gasteiger partial charge in [0.25, 0.3) is 11.6 Å². The molecule has 33 heavy (non-hydrogen) atoms. The van der Waals surface area contributed by atoms with Crippen molar-refractivity contribution in [2.75, 3.05) is 7.11 Å². The third-order valence-corrected chi connectivity index (χ3v) is 4.45. The molecule has 0 fully saturated rings. The Hall–Kier alpha value is -4.80. The molecule has 1 amide bonds. The molecule has 3 rings (SSSR count). The number of hydrazone groups is 1. The smallest absolute Gasteiger partial charge is 0.318 e. The van der Waals surface area contributed by atoms with Gasteiger partial charge in [-0.25, -0.2) is 5.43 Å². The van der Waals surface area contributed by atoms with Crippen molar-refractivity contribution in [2.24, 2.45) is 5.10 Å². The molecule has 0 saturated heterocycles. The summed E-state index contributed by atoms with van der Waals surface area (Å²) in [5.41, 5.74) is 3.48. The van der Waals surface area contributed by atoms with Crippen molar-refractivity contribution < 1.29 is 24.1 Å². The van der Waals surface area contributed by atoms with Crippen LogP contribution in [-0.4, -0.2) is 29.1 Å². The number of nitro groups is 2. The van der Waals surface area contributed by atoms with Crippen molar-refractivity contribution in [1.29, 1.82) is 0 Å². The minimum atomic E-state index is -0.771. The number of carbonyl (C=O) groups is 1. The maximum atomic E-state index is 12.1. The first-order chi connectivity index (χ1) is 15.8. The van der Waals surface area contributed by atoms with Gasteiger partial charge in [-0.3, -0.25) is 25.0 Å². The Bertz CT molecular complexity index is 1240. The number of carbonyl (C=O) groups excluding carboxylic acids is 1. The van der Waals surface area contributed by atoms with Crippen LogP contribution in [0.1, 0.15) is 21.5 Å². The van der Waals surface area contributed by atoms with E-state index < -0.39 is 21.2 Å². The summed E-state index contributed by atoms with van der Waals surface area (Å²) < 4.78 is 10.9. The summed E-state index contributed by atoms with van der Waals surface area (Å²) in [5, 5.41) is 26.1. The highest BCUT2D eigenvalue weighted by Gasteiger charge is 2.22. The Kier molecular flexibility index (Phi) is 6.94. The first kappa shape index (κ1) is 22.9. The Morgan fingerprint density at radius 3 is 2.27 bits per heavy atom. The summed E-state index contributed by atoms with van der Waals surface area (Å²) in [6, 6.07) is 14.7. The van der Waals surface area contributed by atoms with Gasteiger partial charge in [-0.05, 0) is 48.9 Å². The Morgan fingerprint density at radius 2 is 1.64 bits per heavy atom. The van der Waals surface area contributed by atoms with Gasteiger partial charge in [0, 0.05) is 11.6 Å². The molecule has 0 spiro atoms. The molecule has 1 N–H and O–H groups in total. The standard InChI is InChI=1S/C22H18N4O7/c1-14-3-6-16(7-4-14)22(27)24-23-13-15-5-9-20(21(11-15)32-2)33-19-10-8-17(25(28)29)12-18(19)26(30)31/h3-13H,1-2H3,(H,24,27)/b23-13-. The number of ether oxygens (including phenoxy) is 2. The number of nitrogens with zero attached hydrogens (tertiary/aromatic N) is 3. The average Bonchev–Trinajstić information content (AvgIpc) is 2.80. The van der Waals surface area contributed by atoms with Crippen LogP contribution in [0.2, 0.25) is 0 Å². The summed E-state index contributed by atoms with van der Waals surface area (Å²) in [4.78, 5) is 32.8. The highest BCUT2D eigenvalue weighted by atomic mass is 16.6. The predicted octanol–water partition coefficient (Wildman–Crippen LogP) is 4.38. The zero-order chi connectivity index (χ0) is 24.0. The molecule has 11 heteroatoms. The van der Waals surface area contributed by atoms with Crippen LogP contribution in [0.5, 0.6) is 17.2 Å². The van der Waals surface area contributed by atoms with E-state index in [-0.39, 0.29) is 23.2 Å². The number of nitrogens with one attached hydrogen (secondary N) is 1. The minimum absolute atomic E-state index is 0.148. The van der Waals surface area contributed by atoms with Gasteiger partial charge < -0.3 is 9.47 Å². The molecule has 0 atom stereocenters. The van der Waals surface area contributed by atoms with Crippen LogP contribution in [-0.2, 0) is 0 Å². The fraction of sp³-hybridized carbons (Fsp3) is 0.0909. The van der Waals surface area contributed by atoms with Gasteiger partial charge in [-0.2, -0.15) is 5.10 Å². The zero-order valence-corrected chi connectivity index (χ0v) is 17.6. The summed E-state index contributed by atoms with van der Waals surface area (Å²) >= 11 is 0. The lowest BCUT2D eigenvalue weighted by Crippen LogP contribution is -2.17. The minimum Gasteiger partial charge on any atom is -0.493 e. The van der Waals surface area contributed by atoms with E-state index >= 15 is 0 Å². The number of rotatable bonds is 8. The molecule has 0 radical (unpaired) electrons. The molecule has 3 aromatic carbocycles. The van der Waals surface area contributed by atoms with E-state index in [9.17, 15) is 25.0 Å². The fourth-order valence-electron chi connectivity index (χ4n) is 2.75. The van der Waals surface area contributed by atoms with Crippen LogP contribution >= 0.6 is 0 Å². The number of hydrogen-bond donors (Lipinski definition) is 1. The van der Waals surface area contributed by atoms with Crippen LogP contribution in [0.3, 0.4) is 0 Å². The maximum Gasteiger partial charge on any atom is 0.318 e. The van der Waals surface area contributed by atoms with Gasteiger partial charge in [0.05, 0.1) is 29.2 Å². The summed E-state index contributed by atoms with van der Waals surface area (Å²) in [6.07, 6.45) is 1.40. The lowest BCUT2D eigenvalue weighted by molar-refractivity contribution is -0.394. The van der Waals surface area contributed by atoms with E-state index in [1.165, 1.54) is 19.4 Å². The first-order valence-electron chi connectivity index (χ1n) is 9.47. The molecule has 0 aromatic heterocycles. The molecule has 3 aromatic rings. The maximum absolute atomic E-state index is 12.1. The molecular formula is C22H18N4O7. The van der Waals surface area contributed by atoms with Crippen LogP contribution in [0.25, 0.3) is 0 Å². The summed E-state index contributed by atoms with van der Waals surface area (Å²) in [6.45, 7) is 1.92. The number of amides is 1. The Morgan fingerprint density at radius 1 is 0.939 bits per heavy atom. The van der Waals surface area contributed by atoms with Crippen LogP contribution in [0, 0.1) is 27.2 Å². The molecule has 0 aliphatic rings. The molecule has 11 nitrogen and oxygen atoms in total.